The van der Waals surface area contributed by atoms with Gasteiger partial charge in [-0.05, 0) is 43.3 Å². The van der Waals surface area contributed by atoms with Gasteiger partial charge in [-0.2, -0.15) is 0 Å². The van der Waals surface area contributed by atoms with Crippen molar-refractivity contribution in [1.29, 1.82) is 0 Å². The maximum Gasteiger partial charge on any atom is 0.354 e. The van der Waals surface area contributed by atoms with Gasteiger partial charge in [0, 0.05) is 11.6 Å². The average Bonchev–Trinajstić information content (AvgIpc) is 2.94. The quantitative estimate of drug-likeness (QED) is 0.496. The fourth-order valence-electron chi connectivity index (χ4n) is 2.24. The van der Waals surface area contributed by atoms with Gasteiger partial charge in [0.15, 0.2) is 0 Å². The molecule has 8 nitrogen and oxygen atoms in total. The van der Waals surface area contributed by atoms with Gasteiger partial charge in [0.25, 0.3) is 5.91 Å². The van der Waals surface area contributed by atoms with Crippen molar-refractivity contribution in [3.63, 3.8) is 0 Å². The number of guanidine groups is 1. The molecule has 2 aromatic heterocycles. The Labute approximate surface area is 142 Å². The third kappa shape index (κ3) is 3.63. The number of carbonyl (C=O) groups is 2. The van der Waals surface area contributed by atoms with E-state index >= 15 is 0 Å². The molecule has 0 atom stereocenters. The number of carboxylic acids is 1. The van der Waals surface area contributed by atoms with Crippen LogP contribution in [0.1, 0.15) is 26.6 Å². The second kappa shape index (κ2) is 6.44. The molecule has 2 heterocycles. The van der Waals surface area contributed by atoms with Crippen LogP contribution in [0.25, 0.3) is 11.0 Å². The first kappa shape index (κ1) is 16.2. The average molecular weight is 338 g/mol. The number of carboxylic acid groups (broad SMARTS) is 1. The number of rotatable bonds is 3. The Morgan fingerprint density at radius 1 is 1.24 bits per heavy atom. The number of fused-ring (bicyclic) bond motifs is 1. The van der Waals surface area contributed by atoms with Crippen LogP contribution in [0.3, 0.4) is 0 Å². The van der Waals surface area contributed by atoms with Crippen LogP contribution in [0, 0.1) is 6.92 Å². The molecule has 1 amide bonds. The molecule has 0 fully saturated rings. The summed E-state index contributed by atoms with van der Waals surface area (Å²) in [6.45, 7) is 1.85. The smallest absolute Gasteiger partial charge is 0.354 e. The minimum Gasteiger partial charge on any atom is -0.477 e. The molecule has 0 spiro atoms. The molecule has 0 radical (unpaired) electrons. The van der Waals surface area contributed by atoms with Crippen LogP contribution < -0.4 is 11.1 Å². The topological polar surface area (TPSA) is 131 Å². The van der Waals surface area contributed by atoms with E-state index in [2.05, 4.69) is 15.3 Å². The van der Waals surface area contributed by atoms with E-state index in [1.165, 1.54) is 12.1 Å². The van der Waals surface area contributed by atoms with Gasteiger partial charge in [-0.1, -0.05) is 0 Å². The van der Waals surface area contributed by atoms with E-state index in [1.54, 1.807) is 18.2 Å². The van der Waals surface area contributed by atoms with Crippen molar-refractivity contribution in [1.82, 2.24) is 10.3 Å². The van der Waals surface area contributed by atoms with Crippen molar-refractivity contribution in [2.75, 3.05) is 0 Å². The lowest BCUT2D eigenvalue weighted by molar-refractivity contribution is 0.0689. The fraction of sp³-hybridized carbons (Fsp3) is 0.0588. The Hall–Kier alpha value is -3.68. The summed E-state index contributed by atoms with van der Waals surface area (Å²) in [5, 5.41) is 12.1. The van der Waals surface area contributed by atoms with Crippen LogP contribution >= 0.6 is 0 Å². The summed E-state index contributed by atoms with van der Waals surface area (Å²) in [4.78, 5) is 30.6. The van der Waals surface area contributed by atoms with Crippen LogP contribution in [0.15, 0.2) is 52.0 Å². The highest BCUT2D eigenvalue weighted by Gasteiger charge is 2.10. The molecule has 0 bridgehead atoms. The number of hydrogen-bond acceptors (Lipinski definition) is 5. The highest BCUT2D eigenvalue weighted by Crippen LogP contribution is 2.24. The van der Waals surface area contributed by atoms with Crippen molar-refractivity contribution < 1.29 is 19.1 Å². The standard InChI is InChI=1S/C17H14N4O4/c1-9-6-11-7-12(3-5-14(11)25-9)20-17(18)21-15(22)10-2-4-13(16(23)24)19-8-10/h2-8H,1H3,(H,23,24)(H3,18,20,21,22). The largest absolute Gasteiger partial charge is 0.477 e. The SMILES string of the molecule is Cc1cc2cc(N=C(N)NC(=O)c3ccc(C(=O)O)nc3)ccc2o1. The number of carbonyl (C=O) groups excluding carboxylic acids is 1. The number of benzene rings is 1. The second-order valence-corrected chi connectivity index (χ2v) is 5.27. The molecule has 8 heteroatoms. The van der Waals surface area contributed by atoms with Crippen molar-refractivity contribution >= 4 is 34.5 Å². The van der Waals surface area contributed by atoms with E-state index in [0.29, 0.717) is 5.69 Å². The van der Waals surface area contributed by atoms with E-state index in [1.807, 2.05) is 13.0 Å². The first-order valence-corrected chi connectivity index (χ1v) is 7.27. The number of pyridine rings is 1. The fourth-order valence-corrected chi connectivity index (χ4v) is 2.24. The summed E-state index contributed by atoms with van der Waals surface area (Å²) >= 11 is 0. The van der Waals surface area contributed by atoms with Crippen molar-refractivity contribution in [3.05, 3.63) is 59.6 Å². The zero-order valence-corrected chi connectivity index (χ0v) is 13.2. The van der Waals surface area contributed by atoms with E-state index < -0.39 is 11.9 Å². The molecule has 0 unspecified atom stereocenters. The van der Waals surface area contributed by atoms with Gasteiger partial charge in [-0.15, -0.1) is 0 Å². The molecule has 25 heavy (non-hydrogen) atoms. The zero-order chi connectivity index (χ0) is 18.0. The van der Waals surface area contributed by atoms with E-state index in [9.17, 15) is 9.59 Å². The summed E-state index contributed by atoms with van der Waals surface area (Å²) in [7, 11) is 0. The number of nitrogens with two attached hydrogens (primary N) is 1. The first-order valence-electron chi connectivity index (χ1n) is 7.27. The van der Waals surface area contributed by atoms with Gasteiger partial charge in [-0.25, -0.2) is 14.8 Å². The Morgan fingerprint density at radius 2 is 2.04 bits per heavy atom. The van der Waals surface area contributed by atoms with Crippen LogP contribution in [0.4, 0.5) is 5.69 Å². The normalized spacial score (nSPS) is 11.5. The monoisotopic (exact) mass is 338 g/mol. The maximum atomic E-state index is 12.1. The van der Waals surface area contributed by atoms with Gasteiger partial charge in [0.05, 0.1) is 11.3 Å². The lowest BCUT2D eigenvalue weighted by Gasteiger charge is -2.04. The van der Waals surface area contributed by atoms with E-state index in [-0.39, 0.29) is 17.2 Å². The molecule has 3 rings (SSSR count). The lowest BCUT2D eigenvalue weighted by atomic mass is 10.2. The third-order valence-electron chi connectivity index (χ3n) is 3.36. The molecular weight excluding hydrogens is 324 g/mol. The summed E-state index contributed by atoms with van der Waals surface area (Å²) < 4.78 is 5.48. The van der Waals surface area contributed by atoms with Crippen molar-refractivity contribution in [2.45, 2.75) is 6.92 Å². The van der Waals surface area contributed by atoms with Gasteiger partial charge < -0.3 is 15.3 Å². The van der Waals surface area contributed by atoms with Crippen molar-refractivity contribution in [2.24, 2.45) is 10.7 Å². The highest BCUT2D eigenvalue weighted by atomic mass is 16.4. The molecule has 0 aliphatic carbocycles. The summed E-state index contributed by atoms with van der Waals surface area (Å²) in [6.07, 6.45) is 1.16. The predicted molar refractivity (Wildman–Crippen MR) is 90.9 cm³/mol. The molecule has 1 aromatic carbocycles. The van der Waals surface area contributed by atoms with Gasteiger partial charge in [0.1, 0.15) is 17.0 Å². The second-order valence-electron chi connectivity index (χ2n) is 5.27. The zero-order valence-electron chi connectivity index (χ0n) is 13.2. The number of nitrogens with one attached hydrogen (secondary N) is 1. The maximum absolute atomic E-state index is 12.1. The molecular formula is C17H14N4O4. The van der Waals surface area contributed by atoms with E-state index in [4.69, 9.17) is 15.3 Å². The number of hydrogen-bond donors (Lipinski definition) is 3. The van der Waals surface area contributed by atoms with Gasteiger partial charge in [0.2, 0.25) is 5.96 Å². The molecule has 0 saturated carbocycles. The third-order valence-corrected chi connectivity index (χ3v) is 3.36. The Bertz CT molecular complexity index is 990. The van der Waals surface area contributed by atoms with Crippen molar-refractivity contribution in [3.8, 4) is 0 Å². The molecule has 0 saturated heterocycles. The summed E-state index contributed by atoms with van der Waals surface area (Å²) in [5.41, 5.74) is 7.07. The van der Waals surface area contributed by atoms with E-state index in [0.717, 1.165) is 22.9 Å². The van der Waals surface area contributed by atoms with Crippen LogP contribution in [0.5, 0.6) is 0 Å². The number of aliphatic imine (C=N–C) groups is 1. The van der Waals surface area contributed by atoms with Crippen LogP contribution in [-0.2, 0) is 0 Å². The Morgan fingerprint density at radius 3 is 2.72 bits per heavy atom. The molecule has 0 aliphatic heterocycles. The van der Waals surface area contributed by atoms with Crippen LogP contribution in [-0.4, -0.2) is 27.9 Å². The highest BCUT2D eigenvalue weighted by molar-refractivity contribution is 6.06. The number of aromatic nitrogens is 1. The Balaban J connectivity index is 1.75. The number of aromatic carboxylic acids is 1. The number of amides is 1. The molecule has 0 aliphatic rings. The minimum atomic E-state index is -1.17. The molecule has 126 valence electrons. The minimum absolute atomic E-state index is 0.0909. The number of aryl methyl sites for hydroxylation is 1. The number of nitrogens with zero attached hydrogens (tertiary/aromatic N) is 2. The van der Waals surface area contributed by atoms with Gasteiger partial charge >= 0.3 is 5.97 Å². The summed E-state index contributed by atoms with van der Waals surface area (Å²) in [5.74, 6) is -1.01. The van der Waals surface area contributed by atoms with Gasteiger partial charge in [-0.3, -0.25) is 10.1 Å². The first-order chi connectivity index (χ1) is 11.9. The molecule has 3 aromatic rings. The molecule has 4 N–H and O–H groups in total. The number of furan rings is 1. The lowest BCUT2D eigenvalue weighted by Crippen LogP contribution is -2.36. The van der Waals surface area contributed by atoms with Crippen LogP contribution in [0.2, 0.25) is 0 Å². The Kier molecular flexibility index (Phi) is 4.17. The predicted octanol–water partition coefficient (Wildman–Crippen LogP) is 2.21. The summed E-state index contributed by atoms with van der Waals surface area (Å²) in [6, 6.07) is 9.73.